The molecule has 3 aromatic rings. The molecule has 0 atom stereocenters. The summed E-state index contributed by atoms with van der Waals surface area (Å²) in [6, 6.07) is 14.6. The van der Waals surface area contributed by atoms with E-state index >= 15 is 0 Å². The van der Waals surface area contributed by atoms with Gasteiger partial charge in [0.25, 0.3) is 0 Å². The number of carbonyl (C=O) groups excluding carboxylic acids is 2. The van der Waals surface area contributed by atoms with Crippen molar-refractivity contribution in [3.8, 4) is 0 Å². The van der Waals surface area contributed by atoms with Crippen LogP contribution in [0.3, 0.4) is 0 Å². The van der Waals surface area contributed by atoms with Crippen molar-refractivity contribution in [2.75, 3.05) is 31.0 Å². The maximum atomic E-state index is 12.3. The number of thiophene rings is 1. The Morgan fingerprint density at radius 2 is 1.83 bits per heavy atom. The molecule has 2 amide bonds. The number of hydrogen-bond donors (Lipinski definition) is 2. The number of hydrogen-bond acceptors (Lipinski definition) is 5. The number of nitrogens with one attached hydrogen (secondary N) is 2. The normalized spacial score (nSPS) is 11.0. The van der Waals surface area contributed by atoms with E-state index in [1.54, 1.807) is 30.3 Å². The van der Waals surface area contributed by atoms with Crippen LogP contribution in [0.2, 0.25) is 5.02 Å². The second-order valence-corrected chi connectivity index (χ2v) is 7.40. The number of methoxy groups -OCH3 is 1. The van der Waals surface area contributed by atoms with Crippen molar-refractivity contribution in [3.05, 3.63) is 64.5 Å². The fourth-order valence-corrected chi connectivity index (χ4v) is 3.92. The van der Waals surface area contributed by atoms with Gasteiger partial charge in [-0.05, 0) is 30.3 Å². The number of benzene rings is 2. The fourth-order valence-electron chi connectivity index (χ4n) is 2.52. The molecule has 1 aromatic heterocycles. The van der Waals surface area contributed by atoms with Crippen LogP contribution in [0.4, 0.5) is 16.2 Å². The van der Waals surface area contributed by atoms with Gasteiger partial charge in [0.05, 0.1) is 11.6 Å². The number of ether oxygens (including phenoxy) is 2. The zero-order chi connectivity index (χ0) is 20.6. The lowest BCUT2D eigenvalue weighted by atomic mass is 10.2. The minimum Gasteiger partial charge on any atom is -0.447 e. The zero-order valence-electron chi connectivity index (χ0n) is 15.6. The van der Waals surface area contributed by atoms with Crippen molar-refractivity contribution in [1.82, 2.24) is 0 Å². The summed E-state index contributed by atoms with van der Waals surface area (Å²) < 4.78 is 10.8. The topological polar surface area (TPSA) is 76.7 Å². The number of halogens is 1. The average Bonchev–Trinajstić information content (AvgIpc) is 3.03. The fraction of sp³-hybridized carbons (Fsp3) is 0.143. The molecule has 6 nitrogen and oxygen atoms in total. The average molecular weight is 431 g/mol. The van der Waals surface area contributed by atoms with Gasteiger partial charge in [0, 0.05) is 39.5 Å². The van der Waals surface area contributed by atoms with Gasteiger partial charge in [0.2, 0.25) is 5.91 Å². The molecule has 0 bridgehead atoms. The lowest BCUT2D eigenvalue weighted by Crippen LogP contribution is -2.16. The molecule has 0 aliphatic rings. The van der Waals surface area contributed by atoms with Crippen LogP contribution in [-0.4, -0.2) is 32.3 Å². The number of carbonyl (C=O) groups is 2. The van der Waals surface area contributed by atoms with E-state index in [2.05, 4.69) is 10.6 Å². The second-order valence-electron chi connectivity index (χ2n) is 5.93. The predicted molar refractivity (Wildman–Crippen MR) is 118 cm³/mol. The van der Waals surface area contributed by atoms with E-state index in [1.165, 1.54) is 24.5 Å². The monoisotopic (exact) mass is 430 g/mol. The van der Waals surface area contributed by atoms with Crippen LogP contribution in [-0.2, 0) is 14.3 Å². The summed E-state index contributed by atoms with van der Waals surface area (Å²) >= 11 is 7.90. The summed E-state index contributed by atoms with van der Waals surface area (Å²) in [4.78, 5) is 24.8. The first-order valence-corrected chi connectivity index (χ1v) is 9.95. The van der Waals surface area contributed by atoms with Crippen LogP contribution in [0.5, 0.6) is 0 Å². The molecule has 0 fully saturated rings. The van der Waals surface area contributed by atoms with Crippen LogP contribution in [0.25, 0.3) is 16.2 Å². The minimum absolute atomic E-state index is 0.157. The smallest absolute Gasteiger partial charge is 0.411 e. The Hall–Kier alpha value is -2.87. The SMILES string of the molecule is COCCOC(=O)Nc1cccc(NC(=O)C=Cc2sc3ccccc3c2Cl)c1. The maximum Gasteiger partial charge on any atom is 0.411 e. The van der Waals surface area contributed by atoms with Crippen molar-refractivity contribution >= 4 is 62.5 Å². The highest BCUT2D eigenvalue weighted by atomic mass is 35.5. The molecule has 0 aliphatic carbocycles. The van der Waals surface area contributed by atoms with Gasteiger partial charge >= 0.3 is 6.09 Å². The second kappa shape index (κ2) is 10.1. The number of fused-ring (bicyclic) bond motifs is 1. The van der Waals surface area contributed by atoms with Crippen LogP contribution in [0, 0.1) is 0 Å². The first-order chi connectivity index (χ1) is 14.1. The Kier molecular flexibility index (Phi) is 7.24. The molecule has 2 aromatic carbocycles. The number of anilines is 2. The molecule has 0 radical (unpaired) electrons. The van der Waals surface area contributed by atoms with Crippen LogP contribution in [0.1, 0.15) is 4.88 Å². The summed E-state index contributed by atoms with van der Waals surface area (Å²) in [6.07, 6.45) is 2.53. The highest BCUT2D eigenvalue weighted by Gasteiger charge is 2.08. The molecule has 8 heteroatoms. The van der Waals surface area contributed by atoms with Crippen molar-refractivity contribution in [1.29, 1.82) is 0 Å². The zero-order valence-corrected chi connectivity index (χ0v) is 17.2. The van der Waals surface area contributed by atoms with Crippen molar-refractivity contribution in [3.63, 3.8) is 0 Å². The molecular formula is C21H19ClN2O4S. The first kappa shape index (κ1) is 20.9. The largest absolute Gasteiger partial charge is 0.447 e. The third-order valence-corrected chi connectivity index (χ3v) is 5.50. The lowest BCUT2D eigenvalue weighted by molar-refractivity contribution is -0.111. The van der Waals surface area contributed by atoms with Crippen LogP contribution < -0.4 is 10.6 Å². The van der Waals surface area contributed by atoms with Gasteiger partial charge in [-0.3, -0.25) is 10.1 Å². The third-order valence-electron chi connectivity index (χ3n) is 3.84. The molecule has 0 saturated carbocycles. The molecule has 2 N–H and O–H groups in total. The number of amides is 2. The molecule has 29 heavy (non-hydrogen) atoms. The van der Waals surface area contributed by atoms with Crippen molar-refractivity contribution in [2.24, 2.45) is 0 Å². The van der Waals surface area contributed by atoms with Gasteiger partial charge in [0.15, 0.2) is 0 Å². The van der Waals surface area contributed by atoms with Gasteiger partial charge in [0.1, 0.15) is 6.61 Å². The Morgan fingerprint density at radius 3 is 2.59 bits per heavy atom. The van der Waals surface area contributed by atoms with E-state index in [4.69, 9.17) is 21.1 Å². The Balaban J connectivity index is 1.61. The van der Waals surface area contributed by atoms with Crippen molar-refractivity contribution < 1.29 is 19.1 Å². The van der Waals surface area contributed by atoms with Crippen LogP contribution >= 0.6 is 22.9 Å². The van der Waals surface area contributed by atoms with Crippen LogP contribution in [0.15, 0.2) is 54.6 Å². The van der Waals surface area contributed by atoms with E-state index < -0.39 is 6.09 Å². The third kappa shape index (κ3) is 5.80. The van der Waals surface area contributed by atoms with E-state index in [0.717, 1.165) is 15.0 Å². The van der Waals surface area contributed by atoms with E-state index in [0.29, 0.717) is 23.0 Å². The molecule has 0 aliphatic heterocycles. The summed E-state index contributed by atoms with van der Waals surface area (Å²) in [5.41, 5.74) is 1.04. The Bertz CT molecular complexity index is 1050. The van der Waals surface area contributed by atoms with E-state index in [1.807, 2.05) is 24.3 Å². The van der Waals surface area contributed by atoms with Gasteiger partial charge < -0.3 is 14.8 Å². The quantitative estimate of drug-likeness (QED) is 0.388. The molecular weight excluding hydrogens is 412 g/mol. The molecule has 0 unspecified atom stereocenters. The Labute approximate surface area is 177 Å². The minimum atomic E-state index is -0.593. The number of rotatable bonds is 7. The van der Waals surface area contributed by atoms with E-state index in [-0.39, 0.29) is 12.5 Å². The predicted octanol–water partition coefficient (Wildman–Crippen LogP) is 5.40. The Morgan fingerprint density at radius 1 is 1.07 bits per heavy atom. The highest BCUT2D eigenvalue weighted by molar-refractivity contribution is 7.20. The lowest BCUT2D eigenvalue weighted by Gasteiger charge is -2.08. The molecule has 0 saturated heterocycles. The van der Waals surface area contributed by atoms with E-state index in [9.17, 15) is 9.59 Å². The maximum absolute atomic E-state index is 12.3. The summed E-state index contributed by atoms with van der Waals surface area (Å²) in [5.74, 6) is -0.307. The van der Waals surface area contributed by atoms with Gasteiger partial charge in [-0.2, -0.15) is 0 Å². The summed E-state index contributed by atoms with van der Waals surface area (Å²) in [7, 11) is 1.52. The molecule has 0 spiro atoms. The van der Waals surface area contributed by atoms with Gasteiger partial charge in [-0.15, -0.1) is 11.3 Å². The first-order valence-electron chi connectivity index (χ1n) is 8.75. The van der Waals surface area contributed by atoms with Crippen molar-refractivity contribution in [2.45, 2.75) is 0 Å². The standard InChI is InChI=1S/C21H19ClN2O4S/c1-27-11-12-28-21(26)24-15-6-4-5-14(13-15)23-19(25)10-9-18-20(22)16-7-2-3-8-17(16)29-18/h2-10,13H,11-12H2,1H3,(H,23,25)(H,24,26). The van der Waals surface area contributed by atoms with Gasteiger partial charge in [-0.1, -0.05) is 35.9 Å². The highest BCUT2D eigenvalue weighted by Crippen LogP contribution is 2.35. The summed E-state index contributed by atoms with van der Waals surface area (Å²) in [6.45, 7) is 0.476. The molecule has 150 valence electrons. The molecule has 3 rings (SSSR count). The van der Waals surface area contributed by atoms with Gasteiger partial charge in [-0.25, -0.2) is 4.79 Å². The summed E-state index contributed by atoms with van der Waals surface area (Å²) in [5, 5.41) is 6.95. The molecule has 1 heterocycles.